The minimum atomic E-state index is -0.237. The van der Waals surface area contributed by atoms with Crippen LogP contribution in [0.1, 0.15) is 24.9 Å². The van der Waals surface area contributed by atoms with Crippen molar-refractivity contribution < 1.29 is 9.13 Å². The molecule has 0 bridgehead atoms. The van der Waals surface area contributed by atoms with Crippen LogP contribution in [0.15, 0.2) is 42.9 Å². The Bertz CT molecular complexity index is 853. The number of rotatable bonds is 5. The van der Waals surface area contributed by atoms with Crippen molar-refractivity contribution in [2.24, 2.45) is 5.92 Å². The van der Waals surface area contributed by atoms with E-state index in [1.54, 1.807) is 23.0 Å². The molecule has 1 aromatic carbocycles. The first-order valence-corrected chi connectivity index (χ1v) is 8.47. The summed E-state index contributed by atoms with van der Waals surface area (Å²) in [6, 6.07) is 6.50. The van der Waals surface area contributed by atoms with Gasteiger partial charge in [0.2, 0.25) is 0 Å². The number of aromatic nitrogens is 5. The lowest BCUT2D eigenvalue weighted by molar-refractivity contribution is 0.181. The predicted molar refractivity (Wildman–Crippen MR) is 90.4 cm³/mol. The summed E-state index contributed by atoms with van der Waals surface area (Å²) < 4.78 is 23.0. The Kier molecular flexibility index (Phi) is 4.31. The topological polar surface area (TPSA) is 57.8 Å². The Hall–Kier alpha value is -2.54. The van der Waals surface area contributed by atoms with Gasteiger partial charge in [0, 0.05) is 36.4 Å². The molecule has 3 aromatic rings. The van der Waals surface area contributed by atoms with E-state index >= 15 is 0 Å². The number of benzene rings is 1. The average molecular weight is 341 g/mol. The largest absolute Gasteiger partial charge is 0.381 e. The fraction of sp³-hybridized carbons (Fsp3) is 0.389. The van der Waals surface area contributed by atoms with Gasteiger partial charge in [0.25, 0.3) is 0 Å². The molecule has 25 heavy (non-hydrogen) atoms. The SMILES string of the molecule is CC(c1ccccc1F)n1cc(-c2cnn(CC3CCOC3)c2)nn1. The first-order valence-electron chi connectivity index (χ1n) is 8.47. The van der Waals surface area contributed by atoms with Crippen molar-refractivity contribution in [2.45, 2.75) is 25.9 Å². The van der Waals surface area contributed by atoms with Crippen molar-refractivity contribution in [3.05, 3.63) is 54.2 Å². The molecule has 0 spiro atoms. The summed E-state index contributed by atoms with van der Waals surface area (Å²) in [6.45, 7) is 4.38. The first-order chi connectivity index (χ1) is 12.2. The van der Waals surface area contributed by atoms with Crippen molar-refractivity contribution in [2.75, 3.05) is 13.2 Å². The number of hydrogen-bond acceptors (Lipinski definition) is 4. The maximum Gasteiger partial charge on any atom is 0.128 e. The molecular weight excluding hydrogens is 321 g/mol. The van der Waals surface area contributed by atoms with Crippen LogP contribution in [-0.4, -0.2) is 38.0 Å². The van der Waals surface area contributed by atoms with Gasteiger partial charge in [-0.25, -0.2) is 9.07 Å². The van der Waals surface area contributed by atoms with Crippen molar-refractivity contribution in [1.29, 1.82) is 0 Å². The van der Waals surface area contributed by atoms with Crippen LogP contribution in [-0.2, 0) is 11.3 Å². The normalized spacial score (nSPS) is 18.6. The van der Waals surface area contributed by atoms with Crippen LogP contribution in [0.5, 0.6) is 0 Å². The van der Waals surface area contributed by atoms with Crippen molar-refractivity contribution >= 4 is 0 Å². The van der Waals surface area contributed by atoms with Crippen LogP contribution in [0.25, 0.3) is 11.3 Å². The summed E-state index contributed by atoms with van der Waals surface area (Å²) >= 11 is 0. The molecular formula is C18H20FN5O. The average Bonchev–Trinajstić information content (AvgIpc) is 3.36. The molecule has 7 heteroatoms. The molecule has 1 aliphatic heterocycles. The van der Waals surface area contributed by atoms with Crippen LogP contribution in [0.4, 0.5) is 4.39 Å². The highest BCUT2D eigenvalue weighted by atomic mass is 19.1. The Morgan fingerprint density at radius 2 is 2.20 bits per heavy atom. The van der Waals surface area contributed by atoms with Gasteiger partial charge < -0.3 is 4.74 Å². The van der Waals surface area contributed by atoms with Gasteiger partial charge >= 0.3 is 0 Å². The highest BCUT2D eigenvalue weighted by molar-refractivity contribution is 5.55. The third-order valence-corrected chi connectivity index (χ3v) is 4.66. The number of halogens is 1. The molecule has 2 atom stereocenters. The van der Waals surface area contributed by atoms with Gasteiger partial charge in [-0.1, -0.05) is 23.4 Å². The minimum absolute atomic E-state index is 0.229. The summed E-state index contributed by atoms with van der Waals surface area (Å²) in [5.41, 5.74) is 2.24. The highest BCUT2D eigenvalue weighted by Crippen LogP contribution is 2.23. The Morgan fingerprint density at radius 1 is 1.32 bits per heavy atom. The van der Waals surface area contributed by atoms with E-state index in [1.165, 1.54) is 6.07 Å². The number of nitrogens with zero attached hydrogens (tertiary/aromatic N) is 5. The predicted octanol–water partition coefficient (Wildman–Crippen LogP) is 2.93. The molecule has 130 valence electrons. The van der Waals surface area contributed by atoms with Crippen LogP contribution in [0, 0.1) is 11.7 Å². The van der Waals surface area contributed by atoms with Crippen LogP contribution < -0.4 is 0 Å². The summed E-state index contributed by atoms with van der Waals surface area (Å²) in [4.78, 5) is 0. The lowest BCUT2D eigenvalue weighted by Crippen LogP contribution is -2.10. The molecule has 4 rings (SSSR count). The van der Waals surface area contributed by atoms with Gasteiger partial charge in [-0.15, -0.1) is 5.10 Å². The summed E-state index contributed by atoms with van der Waals surface area (Å²) in [5.74, 6) is 0.281. The molecule has 0 amide bonds. The fourth-order valence-electron chi connectivity index (χ4n) is 3.14. The molecule has 0 radical (unpaired) electrons. The lowest BCUT2D eigenvalue weighted by Gasteiger charge is -2.12. The van der Waals surface area contributed by atoms with Gasteiger partial charge in [0.05, 0.1) is 25.0 Å². The molecule has 1 aliphatic rings. The van der Waals surface area contributed by atoms with E-state index in [9.17, 15) is 4.39 Å². The minimum Gasteiger partial charge on any atom is -0.381 e. The van der Waals surface area contributed by atoms with Gasteiger partial charge in [0.1, 0.15) is 11.5 Å². The molecule has 3 heterocycles. The number of ether oxygens (including phenoxy) is 1. The van der Waals surface area contributed by atoms with E-state index < -0.39 is 0 Å². The second kappa shape index (κ2) is 6.76. The Labute approximate surface area is 145 Å². The van der Waals surface area contributed by atoms with Crippen molar-refractivity contribution in [1.82, 2.24) is 24.8 Å². The van der Waals surface area contributed by atoms with E-state index in [4.69, 9.17) is 4.74 Å². The smallest absolute Gasteiger partial charge is 0.128 e. The van der Waals surface area contributed by atoms with E-state index in [0.717, 1.165) is 37.4 Å². The van der Waals surface area contributed by atoms with Gasteiger partial charge in [-0.05, 0) is 19.4 Å². The van der Waals surface area contributed by atoms with Gasteiger partial charge in [0.15, 0.2) is 0 Å². The Morgan fingerprint density at radius 3 is 3.00 bits per heavy atom. The molecule has 1 saturated heterocycles. The van der Waals surface area contributed by atoms with E-state index in [2.05, 4.69) is 15.4 Å². The van der Waals surface area contributed by atoms with Crippen LogP contribution in [0.2, 0.25) is 0 Å². The number of hydrogen-bond donors (Lipinski definition) is 0. The maximum absolute atomic E-state index is 14.0. The third kappa shape index (κ3) is 3.32. The van der Waals surface area contributed by atoms with Crippen LogP contribution >= 0.6 is 0 Å². The van der Waals surface area contributed by atoms with E-state index in [0.29, 0.717) is 11.5 Å². The quantitative estimate of drug-likeness (QED) is 0.716. The lowest BCUT2D eigenvalue weighted by atomic mass is 10.1. The van der Waals surface area contributed by atoms with E-state index in [1.807, 2.05) is 30.1 Å². The molecule has 1 fully saturated rings. The Balaban J connectivity index is 1.51. The molecule has 2 aromatic heterocycles. The maximum atomic E-state index is 14.0. The zero-order valence-corrected chi connectivity index (χ0v) is 14.0. The first kappa shape index (κ1) is 16.0. The van der Waals surface area contributed by atoms with Gasteiger partial charge in [-0.3, -0.25) is 4.68 Å². The van der Waals surface area contributed by atoms with Gasteiger partial charge in [-0.2, -0.15) is 5.10 Å². The molecule has 0 N–H and O–H groups in total. The highest BCUT2D eigenvalue weighted by Gasteiger charge is 2.18. The molecule has 2 unspecified atom stereocenters. The molecule has 6 nitrogen and oxygen atoms in total. The van der Waals surface area contributed by atoms with Crippen molar-refractivity contribution in [3.63, 3.8) is 0 Å². The summed E-state index contributed by atoms with van der Waals surface area (Å²) in [5, 5.41) is 12.8. The molecule has 0 saturated carbocycles. The monoisotopic (exact) mass is 341 g/mol. The second-order valence-electron chi connectivity index (χ2n) is 6.46. The third-order valence-electron chi connectivity index (χ3n) is 4.66. The zero-order chi connectivity index (χ0) is 17.2. The standard InChI is InChI=1S/C18H20FN5O/c1-13(16-4-2-3-5-17(16)19)24-11-18(21-22-24)15-8-20-23(10-15)9-14-6-7-25-12-14/h2-5,8,10-11,13-14H,6-7,9,12H2,1H3. The fourth-order valence-corrected chi connectivity index (χ4v) is 3.14. The zero-order valence-electron chi connectivity index (χ0n) is 14.0. The second-order valence-corrected chi connectivity index (χ2v) is 6.46. The van der Waals surface area contributed by atoms with Crippen molar-refractivity contribution in [3.8, 4) is 11.3 Å². The van der Waals surface area contributed by atoms with Crippen LogP contribution in [0.3, 0.4) is 0 Å². The molecule has 0 aliphatic carbocycles. The summed E-state index contributed by atoms with van der Waals surface area (Å²) in [7, 11) is 0. The summed E-state index contributed by atoms with van der Waals surface area (Å²) in [6.07, 6.45) is 6.67. The van der Waals surface area contributed by atoms with E-state index in [-0.39, 0.29) is 11.9 Å².